The molecule has 1 N–H and O–H groups in total. The number of aromatic nitrogens is 4. The van der Waals surface area contributed by atoms with Crippen molar-refractivity contribution in [1.82, 2.24) is 20.4 Å². The van der Waals surface area contributed by atoms with E-state index >= 15 is 0 Å². The average molecular weight is 311 g/mol. The zero-order valence-corrected chi connectivity index (χ0v) is 14.3. The van der Waals surface area contributed by atoms with Crippen molar-refractivity contribution in [3.63, 3.8) is 0 Å². The molecule has 0 bridgehead atoms. The third kappa shape index (κ3) is 9.61. The van der Waals surface area contributed by atoms with Crippen molar-refractivity contribution in [2.75, 3.05) is 18.1 Å². The van der Waals surface area contributed by atoms with Crippen LogP contribution in [0.2, 0.25) is 0 Å². The Morgan fingerprint density at radius 2 is 1.29 bits per heavy atom. The first kappa shape index (κ1) is 18.1. The standard InChI is InChI=1S/C15H29N5S/c1-3-4-5-6-7-8-9-10-11-12-13-16-14-17-19-15(21-2)20-18-14/h3-13H2,1-2H3,(H,16,17,18). The normalized spacial score (nSPS) is 10.8. The summed E-state index contributed by atoms with van der Waals surface area (Å²) in [6, 6.07) is 0. The van der Waals surface area contributed by atoms with Crippen LogP contribution in [0.15, 0.2) is 5.16 Å². The monoisotopic (exact) mass is 311 g/mol. The number of unbranched alkanes of at least 4 members (excludes halogenated alkanes) is 9. The molecule has 0 saturated carbocycles. The van der Waals surface area contributed by atoms with Crippen molar-refractivity contribution >= 4 is 17.7 Å². The molecule has 0 aliphatic heterocycles. The third-order valence-electron chi connectivity index (χ3n) is 3.46. The van der Waals surface area contributed by atoms with Crippen molar-refractivity contribution in [2.45, 2.75) is 76.3 Å². The van der Waals surface area contributed by atoms with Gasteiger partial charge in [-0.05, 0) is 12.7 Å². The summed E-state index contributed by atoms with van der Waals surface area (Å²) in [5.74, 6) is 0.531. The predicted octanol–water partition coefficient (Wildman–Crippen LogP) is 4.32. The van der Waals surface area contributed by atoms with Crippen LogP contribution in [0.25, 0.3) is 0 Å². The Kier molecular flexibility index (Phi) is 11.1. The summed E-state index contributed by atoms with van der Waals surface area (Å²) in [5.41, 5.74) is 0. The Bertz CT molecular complexity index is 344. The van der Waals surface area contributed by atoms with Crippen LogP contribution in [0.4, 0.5) is 5.95 Å². The van der Waals surface area contributed by atoms with Crippen molar-refractivity contribution < 1.29 is 0 Å². The quantitative estimate of drug-likeness (QED) is 0.432. The smallest absolute Gasteiger partial charge is 0.262 e. The molecule has 0 radical (unpaired) electrons. The lowest BCUT2D eigenvalue weighted by atomic mass is 10.1. The van der Waals surface area contributed by atoms with E-state index in [9.17, 15) is 0 Å². The maximum absolute atomic E-state index is 3.98. The number of nitrogens with zero attached hydrogens (tertiary/aromatic N) is 4. The second-order valence-corrected chi connectivity index (χ2v) is 6.09. The van der Waals surface area contributed by atoms with E-state index < -0.39 is 0 Å². The highest BCUT2D eigenvalue weighted by molar-refractivity contribution is 7.98. The number of rotatable bonds is 13. The lowest BCUT2D eigenvalue weighted by molar-refractivity contribution is 0.559. The van der Waals surface area contributed by atoms with Gasteiger partial charge in [-0.15, -0.1) is 20.4 Å². The molecule has 5 nitrogen and oxygen atoms in total. The second kappa shape index (κ2) is 12.8. The van der Waals surface area contributed by atoms with Crippen LogP contribution in [0.1, 0.15) is 71.1 Å². The molecule has 0 aromatic carbocycles. The van der Waals surface area contributed by atoms with Crippen molar-refractivity contribution in [3.8, 4) is 0 Å². The average Bonchev–Trinajstić information content (AvgIpc) is 2.53. The fraction of sp³-hybridized carbons (Fsp3) is 0.867. The molecule has 0 aliphatic rings. The minimum atomic E-state index is 0.531. The minimum Gasteiger partial charge on any atom is -0.352 e. The summed E-state index contributed by atoms with van der Waals surface area (Å²) >= 11 is 1.45. The van der Waals surface area contributed by atoms with E-state index in [1.165, 1.54) is 69.5 Å². The highest BCUT2D eigenvalue weighted by Crippen LogP contribution is 2.10. The molecule has 1 aromatic heterocycles. The van der Waals surface area contributed by atoms with Gasteiger partial charge >= 0.3 is 0 Å². The summed E-state index contributed by atoms with van der Waals surface area (Å²) in [6.07, 6.45) is 15.4. The molecular formula is C15H29N5S. The molecule has 0 saturated heterocycles. The van der Waals surface area contributed by atoms with Crippen LogP contribution in [0, 0.1) is 0 Å². The van der Waals surface area contributed by atoms with Gasteiger partial charge < -0.3 is 5.32 Å². The van der Waals surface area contributed by atoms with E-state index in [0.29, 0.717) is 11.1 Å². The fourth-order valence-corrected chi connectivity index (χ4v) is 2.43. The molecule has 0 unspecified atom stereocenters. The summed E-state index contributed by atoms with van der Waals surface area (Å²) in [5, 5.41) is 19.6. The molecule has 0 fully saturated rings. The molecule has 0 atom stereocenters. The van der Waals surface area contributed by atoms with Gasteiger partial charge in [-0.1, -0.05) is 76.5 Å². The summed E-state index contributed by atoms with van der Waals surface area (Å²) < 4.78 is 0. The first-order chi connectivity index (χ1) is 10.4. The number of nitrogens with one attached hydrogen (secondary N) is 1. The van der Waals surface area contributed by atoms with Crippen LogP contribution in [-0.2, 0) is 0 Å². The van der Waals surface area contributed by atoms with Gasteiger partial charge in [-0.25, -0.2) is 0 Å². The third-order valence-corrected chi connectivity index (χ3v) is 3.99. The van der Waals surface area contributed by atoms with Crippen LogP contribution in [0.3, 0.4) is 0 Å². The van der Waals surface area contributed by atoms with Crippen molar-refractivity contribution in [3.05, 3.63) is 0 Å². The highest BCUT2D eigenvalue weighted by Gasteiger charge is 1.99. The van der Waals surface area contributed by atoms with Crippen LogP contribution in [-0.4, -0.2) is 33.2 Å². The van der Waals surface area contributed by atoms with E-state index in [0.717, 1.165) is 13.0 Å². The van der Waals surface area contributed by atoms with Gasteiger partial charge in [0.2, 0.25) is 5.16 Å². The number of hydrogen-bond donors (Lipinski definition) is 1. The second-order valence-electron chi connectivity index (χ2n) is 5.32. The molecule has 1 heterocycles. The Morgan fingerprint density at radius 1 is 0.762 bits per heavy atom. The topological polar surface area (TPSA) is 63.6 Å². The van der Waals surface area contributed by atoms with Gasteiger partial charge in [0.05, 0.1) is 0 Å². The Balaban J connectivity index is 1.88. The predicted molar refractivity (Wildman–Crippen MR) is 89.7 cm³/mol. The van der Waals surface area contributed by atoms with Gasteiger partial charge in [-0.3, -0.25) is 0 Å². The SMILES string of the molecule is CCCCCCCCCCCCNc1nnc(SC)nn1. The number of thioether (sulfide) groups is 1. The lowest BCUT2D eigenvalue weighted by Crippen LogP contribution is -2.08. The molecule has 0 amide bonds. The molecule has 0 aliphatic carbocycles. The number of anilines is 1. The molecule has 6 heteroatoms. The molecule has 1 rings (SSSR count). The molecule has 0 spiro atoms. The summed E-state index contributed by atoms with van der Waals surface area (Å²) in [6.45, 7) is 3.17. The van der Waals surface area contributed by atoms with Crippen LogP contribution < -0.4 is 5.32 Å². The number of hydrogen-bond acceptors (Lipinski definition) is 6. The van der Waals surface area contributed by atoms with Gasteiger partial charge in [0.1, 0.15) is 0 Å². The first-order valence-corrected chi connectivity index (χ1v) is 9.44. The maximum Gasteiger partial charge on any atom is 0.262 e. The Hall–Kier alpha value is -0.910. The maximum atomic E-state index is 3.98. The summed E-state index contributed by atoms with van der Waals surface area (Å²) in [4.78, 5) is 0. The Morgan fingerprint density at radius 3 is 1.81 bits per heavy atom. The van der Waals surface area contributed by atoms with Gasteiger partial charge in [0.15, 0.2) is 0 Å². The van der Waals surface area contributed by atoms with Crippen LogP contribution in [0.5, 0.6) is 0 Å². The highest BCUT2D eigenvalue weighted by atomic mass is 32.2. The zero-order chi connectivity index (χ0) is 15.2. The lowest BCUT2D eigenvalue weighted by Gasteiger charge is -2.04. The zero-order valence-electron chi connectivity index (χ0n) is 13.5. The van der Waals surface area contributed by atoms with Crippen LogP contribution >= 0.6 is 11.8 Å². The van der Waals surface area contributed by atoms with Crippen molar-refractivity contribution in [1.29, 1.82) is 0 Å². The first-order valence-electron chi connectivity index (χ1n) is 8.22. The van der Waals surface area contributed by atoms with E-state index in [-0.39, 0.29) is 0 Å². The van der Waals surface area contributed by atoms with Crippen molar-refractivity contribution in [2.24, 2.45) is 0 Å². The largest absolute Gasteiger partial charge is 0.352 e. The molecule has 120 valence electrons. The van der Waals surface area contributed by atoms with Gasteiger partial charge in [0, 0.05) is 6.54 Å². The molecule has 21 heavy (non-hydrogen) atoms. The molecular weight excluding hydrogens is 282 g/mol. The van der Waals surface area contributed by atoms with E-state index in [1.807, 2.05) is 6.26 Å². The van der Waals surface area contributed by atoms with E-state index in [1.54, 1.807) is 0 Å². The van der Waals surface area contributed by atoms with E-state index in [2.05, 4.69) is 32.6 Å². The van der Waals surface area contributed by atoms with Gasteiger partial charge in [0.25, 0.3) is 5.95 Å². The Labute approximate surface area is 133 Å². The fourth-order valence-electron chi connectivity index (χ4n) is 2.19. The van der Waals surface area contributed by atoms with E-state index in [4.69, 9.17) is 0 Å². The summed E-state index contributed by atoms with van der Waals surface area (Å²) in [7, 11) is 0. The minimum absolute atomic E-state index is 0.531. The molecule has 1 aromatic rings. The van der Waals surface area contributed by atoms with Gasteiger partial charge in [-0.2, -0.15) is 0 Å².